The second kappa shape index (κ2) is 6.64. The van der Waals surface area contributed by atoms with Crippen LogP contribution in [0.5, 0.6) is 0 Å². The number of nitrogens with one attached hydrogen (secondary N) is 1. The van der Waals surface area contributed by atoms with Crippen LogP contribution in [-0.4, -0.2) is 32.8 Å². The van der Waals surface area contributed by atoms with Crippen LogP contribution in [0.1, 0.15) is 24.3 Å². The number of hydrogen-bond acceptors (Lipinski definition) is 4. The molecule has 0 radical (unpaired) electrons. The number of aromatic nitrogens is 4. The summed E-state index contributed by atoms with van der Waals surface area (Å²) in [5.74, 6) is 0.634. The summed E-state index contributed by atoms with van der Waals surface area (Å²) < 4.78 is 1.78. The zero-order valence-electron chi connectivity index (χ0n) is 13.1. The van der Waals surface area contributed by atoms with Gasteiger partial charge in [-0.3, -0.25) is 9.67 Å². The van der Waals surface area contributed by atoms with Gasteiger partial charge in [0.2, 0.25) is 0 Å². The van der Waals surface area contributed by atoms with E-state index in [9.17, 15) is 0 Å². The lowest BCUT2D eigenvalue weighted by Crippen LogP contribution is -2.26. The number of aryl methyl sites for hydroxylation is 1. The van der Waals surface area contributed by atoms with Crippen LogP contribution < -0.4 is 5.32 Å². The maximum Gasteiger partial charge on any atom is 0.0924 e. The van der Waals surface area contributed by atoms with E-state index in [1.165, 1.54) is 18.4 Å². The lowest BCUT2D eigenvalue weighted by molar-refractivity contribution is 0.460. The molecule has 0 spiro atoms. The second-order valence-corrected chi connectivity index (χ2v) is 5.93. The first-order valence-corrected chi connectivity index (χ1v) is 7.76. The van der Waals surface area contributed by atoms with Crippen molar-refractivity contribution >= 4 is 23.4 Å². The van der Waals surface area contributed by atoms with Gasteiger partial charge in [0.25, 0.3) is 0 Å². The molecule has 23 heavy (non-hydrogen) atoms. The van der Waals surface area contributed by atoms with E-state index in [4.69, 9.17) is 4.98 Å². The average Bonchev–Trinajstić information content (AvgIpc) is 3.01. The standard InChI is InChI=1S/C17H19N5.ClH/c1-22-11-14(9-20-22)17-10-19-15-3-2-13(8-16(15)21-17)12-4-6-18-7-5-12;/h2-3,8-12,18H,4-7H2,1H3;1H. The number of nitrogens with zero attached hydrogens (tertiary/aromatic N) is 4. The Balaban J connectivity index is 0.00000156. The predicted molar refractivity (Wildman–Crippen MR) is 93.8 cm³/mol. The molecule has 4 rings (SSSR count). The normalized spacial score (nSPS) is 15.5. The Labute approximate surface area is 141 Å². The zero-order chi connectivity index (χ0) is 14.9. The van der Waals surface area contributed by atoms with Crippen LogP contribution >= 0.6 is 12.4 Å². The maximum atomic E-state index is 4.78. The Hall–Kier alpha value is -1.98. The minimum absolute atomic E-state index is 0. The van der Waals surface area contributed by atoms with Gasteiger partial charge in [0.15, 0.2) is 0 Å². The van der Waals surface area contributed by atoms with Crippen molar-refractivity contribution in [3.8, 4) is 11.3 Å². The molecule has 1 aromatic carbocycles. The van der Waals surface area contributed by atoms with Crippen molar-refractivity contribution in [2.45, 2.75) is 18.8 Å². The monoisotopic (exact) mass is 329 g/mol. The van der Waals surface area contributed by atoms with Crippen molar-refractivity contribution in [1.82, 2.24) is 25.1 Å². The Bertz CT molecular complexity index is 808. The molecule has 0 saturated carbocycles. The topological polar surface area (TPSA) is 55.6 Å². The molecule has 1 saturated heterocycles. The van der Waals surface area contributed by atoms with Gasteiger partial charge in [-0.15, -0.1) is 12.4 Å². The van der Waals surface area contributed by atoms with Crippen molar-refractivity contribution in [2.24, 2.45) is 7.05 Å². The van der Waals surface area contributed by atoms with Gasteiger partial charge >= 0.3 is 0 Å². The van der Waals surface area contributed by atoms with Gasteiger partial charge in [-0.2, -0.15) is 5.10 Å². The average molecular weight is 330 g/mol. The molecule has 0 atom stereocenters. The summed E-state index contributed by atoms with van der Waals surface area (Å²) in [6.45, 7) is 2.20. The van der Waals surface area contributed by atoms with Gasteiger partial charge in [0.1, 0.15) is 0 Å². The molecule has 1 N–H and O–H groups in total. The minimum Gasteiger partial charge on any atom is -0.317 e. The van der Waals surface area contributed by atoms with Crippen LogP contribution in [-0.2, 0) is 7.05 Å². The van der Waals surface area contributed by atoms with Crippen LogP contribution in [0.25, 0.3) is 22.3 Å². The van der Waals surface area contributed by atoms with Crippen molar-refractivity contribution < 1.29 is 0 Å². The summed E-state index contributed by atoms with van der Waals surface area (Å²) in [6.07, 6.45) is 8.00. The lowest BCUT2D eigenvalue weighted by Gasteiger charge is -2.23. The minimum atomic E-state index is 0. The van der Waals surface area contributed by atoms with Crippen LogP contribution in [0.15, 0.2) is 36.8 Å². The van der Waals surface area contributed by atoms with E-state index in [-0.39, 0.29) is 12.4 Å². The number of benzene rings is 1. The van der Waals surface area contributed by atoms with Gasteiger partial charge in [0, 0.05) is 18.8 Å². The molecule has 6 heteroatoms. The molecule has 120 valence electrons. The molecular weight excluding hydrogens is 310 g/mol. The van der Waals surface area contributed by atoms with E-state index in [0.29, 0.717) is 5.92 Å². The summed E-state index contributed by atoms with van der Waals surface area (Å²) in [4.78, 5) is 9.32. The van der Waals surface area contributed by atoms with E-state index in [2.05, 4.69) is 33.6 Å². The number of halogens is 1. The molecule has 1 aliphatic rings. The van der Waals surface area contributed by atoms with Crippen LogP contribution in [0.4, 0.5) is 0 Å². The third-order valence-corrected chi connectivity index (χ3v) is 4.38. The predicted octanol–water partition coefficient (Wildman–Crippen LogP) is 2.92. The number of rotatable bonds is 2. The first-order chi connectivity index (χ1) is 10.8. The largest absolute Gasteiger partial charge is 0.317 e. The van der Waals surface area contributed by atoms with Crippen molar-refractivity contribution in [2.75, 3.05) is 13.1 Å². The highest BCUT2D eigenvalue weighted by molar-refractivity contribution is 5.85. The van der Waals surface area contributed by atoms with Crippen molar-refractivity contribution in [3.63, 3.8) is 0 Å². The number of fused-ring (bicyclic) bond motifs is 1. The van der Waals surface area contributed by atoms with Crippen molar-refractivity contribution in [1.29, 1.82) is 0 Å². The van der Waals surface area contributed by atoms with Gasteiger partial charge in [0.05, 0.1) is 29.1 Å². The van der Waals surface area contributed by atoms with E-state index in [0.717, 1.165) is 35.4 Å². The van der Waals surface area contributed by atoms with E-state index >= 15 is 0 Å². The molecule has 5 nitrogen and oxygen atoms in total. The van der Waals surface area contributed by atoms with E-state index < -0.39 is 0 Å². The molecule has 0 aliphatic carbocycles. The number of piperidine rings is 1. The Kier molecular flexibility index (Phi) is 4.59. The van der Waals surface area contributed by atoms with Gasteiger partial charge in [-0.25, -0.2) is 4.98 Å². The summed E-state index contributed by atoms with van der Waals surface area (Å²) in [5.41, 5.74) is 5.18. The molecule has 3 heterocycles. The molecule has 0 amide bonds. The summed E-state index contributed by atoms with van der Waals surface area (Å²) >= 11 is 0. The maximum absolute atomic E-state index is 4.78. The lowest BCUT2D eigenvalue weighted by atomic mass is 9.90. The highest BCUT2D eigenvalue weighted by Gasteiger charge is 2.16. The van der Waals surface area contributed by atoms with Gasteiger partial charge < -0.3 is 5.32 Å². The molecule has 2 aromatic heterocycles. The Morgan fingerprint density at radius 2 is 1.96 bits per heavy atom. The molecule has 0 unspecified atom stereocenters. The van der Waals surface area contributed by atoms with E-state index in [1.807, 2.05) is 25.6 Å². The van der Waals surface area contributed by atoms with Crippen molar-refractivity contribution in [3.05, 3.63) is 42.4 Å². The molecular formula is C17H20ClN5. The SMILES string of the molecule is Cl.Cn1cc(-c2cnc3ccc(C4CCNCC4)cc3n2)cn1. The molecule has 1 aliphatic heterocycles. The third-order valence-electron chi connectivity index (χ3n) is 4.38. The van der Waals surface area contributed by atoms with Crippen LogP contribution in [0, 0.1) is 0 Å². The van der Waals surface area contributed by atoms with E-state index in [1.54, 1.807) is 4.68 Å². The summed E-state index contributed by atoms with van der Waals surface area (Å²) in [7, 11) is 1.91. The van der Waals surface area contributed by atoms with Gasteiger partial charge in [-0.05, 0) is 49.5 Å². The fourth-order valence-electron chi connectivity index (χ4n) is 3.13. The smallest absolute Gasteiger partial charge is 0.0924 e. The molecule has 1 fully saturated rings. The quantitative estimate of drug-likeness (QED) is 0.785. The summed E-state index contributed by atoms with van der Waals surface area (Å²) in [6, 6.07) is 6.50. The van der Waals surface area contributed by atoms with Crippen LogP contribution in [0.3, 0.4) is 0 Å². The first kappa shape index (κ1) is 15.9. The second-order valence-electron chi connectivity index (χ2n) is 5.93. The number of hydrogen-bond donors (Lipinski definition) is 1. The van der Waals surface area contributed by atoms with Gasteiger partial charge in [-0.1, -0.05) is 6.07 Å². The van der Waals surface area contributed by atoms with Crippen LogP contribution in [0.2, 0.25) is 0 Å². The summed E-state index contributed by atoms with van der Waals surface area (Å²) in [5, 5.41) is 7.62. The third kappa shape index (κ3) is 3.21. The fourth-order valence-corrected chi connectivity index (χ4v) is 3.13. The molecule has 0 bridgehead atoms. The zero-order valence-corrected chi connectivity index (χ0v) is 13.9. The Morgan fingerprint density at radius 3 is 2.70 bits per heavy atom. The molecule has 3 aromatic rings. The fraction of sp³-hybridized carbons (Fsp3) is 0.353. The first-order valence-electron chi connectivity index (χ1n) is 7.76. The highest BCUT2D eigenvalue weighted by Crippen LogP contribution is 2.27. The highest BCUT2D eigenvalue weighted by atomic mass is 35.5. The Morgan fingerprint density at radius 1 is 1.13 bits per heavy atom.